The van der Waals surface area contributed by atoms with Crippen molar-refractivity contribution < 1.29 is 5.11 Å². The van der Waals surface area contributed by atoms with Crippen LogP contribution < -0.4 is 10.6 Å². The summed E-state index contributed by atoms with van der Waals surface area (Å²) < 4.78 is 1.94. The van der Waals surface area contributed by atoms with Crippen molar-refractivity contribution in [1.29, 1.82) is 0 Å². The summed E-state index contributed by atoms with van der Waals surface area (Å²) in [5.41, 5.74) is 6.36. The van der Waals surface area contributed by atoms with E-state index in [0.29, 0.717) is 13.1 Å². The molecule has 178 valence electrons. The molecule has 1 aromatic heterocycles. The molecule has 0 spiro atoms. The van der Waals surface area contributed by atoms with Gasteiger partial charge in [0, 0.05) is 45.0 Å². The van der Waals surface area contributed by atoms with Gasteiger partial charge in [-0.25, -0.2) is 0 Å². The average molecular weight is 555 g/mol. The molecule has 1 aromatic carbocycles. The lowest BCUT2D eigenvalue weighted by molar-refractivity contribution is 0.111. The van der Waals surface area contributed by atoms with Crippen LogP contribution in [0.15, 0.2) is 29.3 Å². The maximum atomic E-state index is 10.6. The van der Waals surface area contributed by atoms with Gasteiger partial charge in [0.1, 0.15) is 0 Å². The summed E-state index contributed by atoms with van der Waals surface area (Å²) in [4.78, 5) is 6.97. The molecule has 3 rings (SSSR count). The fraction of sp³-hybridized carbons (Fsp3) is 0.583. The Kier molecular flexibility index (Phi) is 10.4. The maximum Gasteiger partial charge on any atom is 0.191 e. The number of benzene rings is 1. The number of aliphatic hydroxyl groups is 1. The minimum absolute atomic E-state index is 0. The second kappa shape index (κ2) is 12.6. The summed E-state index contributed by atoms with van der Waals surface area (Å²) in [6.07, 6.45) is 1.44. The molecule has 0 amide bonds. The SMILES string of the molecule is CCNC(=NCC(O)CN1CCc2ccccc2C1)NC(C)Cc1c(C)nn(C)c1C.I. The first-order valence-corrected chi connectivity index (χ1v) is 11.4. The highest BCUT2D eigenvalue weighted by molar-refractivity contribution is 14.0. The predicted molar refractivity (Wildman–Crippen MR) is 142 cm³/mol. The minimum atomic E-state index is -0.487. The number of rotatable bonds is 8. The molecule has 0 bridgehead atoms. The third-order valence-corrected chi connectivity index (χ3v) is 6.04. The lowest BCUT2D eigenvalue weighted by atomic mass is 10.00. The molecular formula is C24H39IN6O. The van der Waals surface area contributed by atoms with Crippen molar-refractivity contribution in [2.24, 2.45) is 12.0 Å². The van der Waals surface area contributed by atoms with Gasteiger partial charge in [-0.3, -0.25) is 14.6 Å². The van der Waals surface area contributed by atoms with Crippen molar-refractivity contribution in [1.82, 2.24) is 25.3 Å². The number of hydrogen-bond acceptors (Lipinski definition) is 4. The Morgan fingerprint density at radius 2 is 1.97 bits per heavy atom. The largest absolute Gasteiger partial charge is 0.390 e. The van der Waals surface area contributed by atoms with Gasteiger partial charge in [-0.1, -0.05) is 24.3 Å². The standard InChI is InChI=1S/C24H38N6O.HI/c1-6-25-24(27-17(2)13-23-18(3)28-29(5)19(23)4)26-14-22(31)16-30-12-11-20-9-7-8-10-21(20)15-30;/h7-10,17,22,31H,6,11-16H2,1-5H3,(H2,25,26,27);1H. The van der Waals surface area contributed by atoms with E-state index in [2.05, 4.69) is 77.6 Å². The number of β-amino-alcohol motifs (C(OH)–C–C–N with tert-alkyl or cyclic N) is 1. The van der Waals surface area contributed by atoms with Gasteiger partial charge in [0.25, 0.3) is 0 Å². The number of aliphatic hydroxyl groups excluding tert-OH is 1. The lowest BCUT2D eigenvalue weighted by Gasteiger charge is -2.30. The molecule has 32 heavy (non-hydrogen) atoms. The van der Waals surface area contributed by atoms with Crippen molar-refractivity contribution in [2.75, 3.05) is 26.2 Å². The van der Waals surface area contributed by atoms with Crippen LogP contribution in [0.3, 0.4) is 0 Å². The number of aromatic nitrogens is 2. The van der Waals surface area contributed by atoms with Crippen molar-refractivity contribution in [2.45, 2.75) is 59.2 Å². The lowest BCUT2D eigenvalue weighted by Crippen LogP contribution is -2.44. The third kappa shape index (κ3) is 7.18. The zero-order valence-corrected chi connectivity index (χ0v) is 22.4. The number of aryl methyl sites for hydroxylation is 2. The van der Waals surface area contributed by atoms with Crippen molar-refractivity contribution in [3.8, 4) is 0 Å². The molecule has 8 heteroatoms. The predicted octanol–water partition coefficient (Wildman–Crippen LogP) is 2.56. The number of nitrogens with zero attached hydrogens (tertiary/aromatic N) is 4. The van der Waals surface area contributed by atoms with E-state index in [1.54, 1.807) is 0 Å². The molecule has 0 saturated heterocycles. The molecule has 2 unspecified atom stereocenters. The third-order valence-electron chi connectivity index (χ3n) is 6.04. The van der Waals surface area contributed by atoms with Gasteiger partial charge in [0.05, 0.1) is 18.3 Å². The summed E-state index contributed by atoms with van der Waals surface area (Å²) in [6.45, 7) is 12.1. The Hall–Kier alpha value is -1.65. The Morgan fingerprint density at radius 3 is 2.62 bits per heavy atom. The van der Waals surface area contributed by atoms with Gasteiger partial charge in [-0.05, 0) is 57.2 Å². The van der Waals surface area contributed by atoms with E-state index in [1.165, 1.54) is 22.4 Å². The van der Waals surface area contributed by atoms with Crippen LogP contribution in [0.1, 0.15) is 41.9 Å². The van der Waals surface area contributed by atoms with Crippen LogP contribution in [0.4, 0.5) is 0 Å². The fourth-order valence-electron chi connectivity index (χ4n) is 4.29. The summed E-state index contributed by atoms with van der Waals surface area (Å²) in [6, 6.07) is 8.79. The molecule has 0 radical (unpaired) electrons. The first kappa shape index (κ1) is 26.6. The molecular weight excluding hydrogens is 515 g/mol. The van der Waals surface area contributed by atoms with Gasteiger partial charge < -0.3 is 15.7 Å². The Labute approximate surface area is 209 Å². The van der Waals surface area contributed by atoms with Gasteiger partial charge in [-0.2, -0.15) is 5.10 Å². The Bertz CT molecular complexity index is 897. The summed E-state index contributed by atoms with van der Waals surface area (Å²) in [5.74, 6) is 0.747. The molecule has 0 fully saturated rings. The number of fused-ring (bicyclic) bond motifs is 1. The van der Waals surface area contributed by atoms with E-state index >= 15 is 0 Å². The Morgan fingerprint density at radius 1 is 1.25 bits per heavy atom. The number of nitrogens with one attached hydrogen (secondary N) is 2. The normalized spacial score (nSPS) is 16.1. The van der Waals surface area contributed by atoms with E-state index < -0.39 is 6.10 Å². The molecule has 0 saturated carbocycles. The van der Waals surface area contributed by atoms with Gasteiger partial charge >= 0.3 is 0 Å². The number of halogens is 1. The van der Waals surface area contributed by atoms with Crippen molar-refractivity contribution >= 4 is 29.9 Å². The molecule has 0 aliphatic carbocycles. The van der Waals surface area contributed by atoms with E-state index in [1.807, 2.05) is 11.7 Å². The highest BCUT2D eigenvalue weighted by Gasteiger charge is 2.19. The first-order chi connectivity index (χ1) is 14.9. The highest BCUT2D eigenvalue weighted by Crippen LogP contribution is 2.18. The fourth-order valence-corrected chi connectivity index (χ4v) is 4.29. The van der Waals surface area contributed by atoms with E-state index in [9.17, 15) is 5.11 Å². The second-order valence-corrected chi connectivity index (χ2v) is 8.65. The van der Waals surface area contributed by atoms with Crippen LogP contribution in [0.25, 0.3) is 0 Å². The van der Waals surface area contributed by atoms with Gasteiger partial charge in [-0.15, -0.1) is 24.0 Å². The zero-order valence-electron chi connectivity index (χ0n) is 20.1. The second-order valence-electron chi connectivity index (χ2n) is 8.65. The van der Waals surface area contributed by atoms with Crippen LogP contribution >= 0.6 is 24.0 Å². The molecule has 2 aromatic rings. The van der Waals surface area contributed by atoms with Crippen LogP contribution in [-0.2, 0) is 26.4 Å². The van der Waals surface area contributed by atoms with Crippen molar-refractivity contribution in [3.05, 3.63) is 52.3 Å². The summed E-state index contributed by atoms with van der Waals surface area (Å²) in [5, 5.41) is 21.9. The van der Waals surface area contributed by atoms with Crippen LogP contribution in [-0.4, -0.2) is 64.1 Å². The van der Waals surface area contributed by atoms with Crippen LogP contribution in [0.5, 0.6) is 0 Å². The maximum absolute atomic E-state index is 10.6. The molecule has 1 aliphatic heterocycles. The number of hydrogen-bond donors (Lipinski definition) is 3. The first-order valence-electron chi connectivity index (χ1n) is 11.4. The molecule has 1 aliphatic rings. The molecule has 3 N–H and O–H groups in total. The minimum Gasteiger partial charge on any atom is -0.390 e. The average Bonchev–Trinajstić information content (AvgIpc) is 2.98. The monoisotopic (exact) mass is 554 g/mol. The van der Waals surface area contributed by atoms with E-state index in [0.717, 1.165) is 44.1 Å². The molecule has 2 heterocycles. The number of aliphatic imine (C=N–C) groups is 1. The quantitative estimate of drug-likeness (QED) is 0.266. The van der Waals surface area contributed by atoms with Gasteiger partial charge in [0.2, 0.25) is 0 Å². The Balaban J connectivity index is 0.00000363. The summed E-state index contributed by atoms with van der Waals surface area (Å²) >= 11 is 0. The van der Waals surface area contributed by atoms with E-state index in [4.69, 9.17) is 0 Å². The molecule has 2 atom stereocenters. The van der Waals surface area contributed by atoms with Crippen LogP contribution in [0, 0.1) is 13.8 Å². The smallest absolute Gasteiger partial charge is 0.191 e. The molecule has 7 nitrogen and oxygen atoms in total. The number of guanidine groups is 1. The topological polar surface area (TPSA) is 77.7 Å². The highest BCUT2D eigenvalue weighted by atomic mass is 127. The van der Waals surface area contributed by atoms with Crippen LogP contribution in [0.2, 0.25) is 0 Å². The zero-order chi connectivity index (χ0) is 22.4. The van der Waals surface area contributed by atoms with E-state index in [-0.39, 0.29) is 30.0 Å². The van der Waals surface area contributed by atoms with Gasteiger partial charge in [0.15, 0.2) is 5.96 Å². The summed E-state index contributed by atoms with van der Waals surface area (Å²) in [7, 11) is 1.98. The van der Waals surface area contributed by atoms with Crippen molar-refractivity contribution in [3.63, 3.8) is 0 Å².